The minimum absolute atomic E-state index is 0.275. The van der Waals surface area contributed by atoms with Gasteiger partial charge in [0.2, 0.25) is 11.9 Å². The van der Waals surface area contributed by atoms with Crippen molar-refractivity contribution < 1.29 is 4.74 Å². The monoisotopic (exact) mass is 626 g/mol. The molecule has 45 heavy (non-hydrogen) atoms. The number of nitrogens with zero attached hydrogens (tertiary/aromatic N) is 8. The van der Waals surface area contributed by atoms with Crippen molar-refractivity contribution in [3.8, 4) is 5.82 Å². The molecule has 4 aliphatic rings. The summed E-state index contributed by atoms with van der Waals surface area (Å²) in [7, 11) is 0. The number of benzene rings is 1. The van der Waals surface area contributed by atoms with Crippen LogP contribution in [-0.2, 0) is 4.74 Å². The van der Waals surface area contributed by atoms with Gasteiger partial charge in [0.25, 0.3) is 0 Å². The van der Waals surface area contributed by atoms with Crippen LogP contribution < -0.4 is 16.0 Å². The minimum atomic E-state index is 0.275. The van der Waals surface area contributed by atoms with Gasteiger partial charge < -0.3 is 20.7 Å². The van der Waals surface area contributed by atoms with Crippen LogP contribution in [0.4, 0.5) is 23.3 Å². The van der Waals surface area contributed by atoms with Crippen LogP contribution in [0.2, 0.25) is 0 Å². The predicted octanol–water partition coefficient (Wildman–Crippen LogP) is 4.56. The molecule has 2 bridgehead atoms. The summed E-state index contributed by atoms with van der Waals surface area (Å²) in [4.78, 5) is 21.9. The second-order valence-corrected chi connectivity index (χ2v) is 13.8. The standard InChI is InChI=1S/C33H42N10OS/c1-22-21-45-30-29(22)36-28(3-2-10-40-15-17-44-18-16-40)37-31(30)43-32(34)38-33(39-43)35-25-6-8-26(9-7-25)41-11-13-42(14-12-41)27-20-23-4-5-24(27)19-23/h2-3,6-9,21,23-24,27H,4-5,10-20H2,1H3,(H3,34,35,38,39)/b3-2+/t23?,24?,27-/m0/s1. The first-order valence-corrected chi connectivity index (χ1v) is 17.3. The van der Waals surface area contributed by atoms with Crippen LogP contribution in [0.25, 0.3) is 22.1 Å². The molecule has 11 nitrogen and oxygen atoms in total. The highest BCUT2D eigenvalue weighted by Crippen LogP contribution is 2.46. The Kier molecular flexibility index (Phi) is 7.90. The fourth-order valence-electron chi connectivity index (χ4n) is 7.73. The molecule has 0 amide bonds. The molecule has 8 rings (SSSR count). The van der Waals surface area contributed by atoms with Gasteiger partial charge in [0.1, 0.15) is 0 Å². The van der Waals surface area contributed by atoms with Gasteiger partial charge in [-0.05, 0) is 79.3 Å². The van der Waals surface area contributed by atoms with E-state index in [1.54, 1.807) is 16.0 Å². The van der Waals surface area contributed by atoms with E-state index in [4.69, 9.17) is 25.5 Å². The summed E-state index contributed by atoms with van der Waals surface area (Å²) >= 11 is 1.59. The Morgan fingerprint density at radius 1 is 1.00 bits per heavy atom. The van der Waals surface area contributed by atoms with E-state index in [9.17, 15) is 0 Å². The molecule has 2 saturated heterocycles. The maximum atomic E-state index is 6.42. The van der Waals surface area contributed by atoms with Crippen molar-refractivity contribution in [2.24, 2.45) is 11.8 Å². The number of nitrogen functional groups attached to an aromatic ring is 1. The number of ether oxygens (including phenoxy) is 1. The molecule has 2 saturated carbocycles. The summed E-state index contributed by atoms with van der Waals surface area (Å²) in [6.45, 7) is 10.8. The Morgan fingerprint density at radius 2 is 1.82 bits per heavy atom. The SMILES string of the molecule is Cc1csc2c(-n3nc(Nc4ccc(N5CCN([C@H]6CC7CCC6C7)CC5)cc4)nc3N)nc(/C=C/CN3CCOCC3)nc12. The van der Waals surface area contributed by atoms with Crippen LogP contribution in [0.3, 0.4) is 0 Å². The molecule has 4 fully saturated rings. The molecular formula is C33H42N10OS. The minimum Gasteiger partial charge on any atom is -0.379 e. The van der Waals surface area contributed by atoms with Crippen LogP contribution in [0.15, 0.2) is 35.7 Å². The van der Waals surface area contributed by atoms with Crippen molar-refractivity contribution in [3.05, 3.63) is 47.1 Å². The van der Waals surface area contributed by atoms with E-state index in [2.05, 4.69) is 67.6 Å². The molecular weight excluding hydrogens is 584 g/mol. The summed E-state index contributed by atoms with van der Waals surface area (Å²) in [6, 6.07) is 9.40. The lowest BCUT2D eigenvalue weighted by atomic mass is 9.93. The number of nitrogens with two attached hydrogens (primary N) is 1. The zero-order valence-electron chi connectivity index (χ0n) is 25.9. The van der Waals surface area contributed by atoms with Gasteiger partial charge >= 0.3 is 0 Å². The van der Waals surface area contributed by atoms with Crippen molar-refractivity contribution in [1.82, 2.24) is 34.5 Å². The van der Waals surface area contributed by atoms with E-state index in [1.165, 1.54) is 44.5 Å². The van der Waals surface area contributed by atoms with E-state index in [-0.39, 0.29) is 5.95 Å². The van der Waals surface area contributed by atoms with Gasteiger partial charge in [-0.15, -0.1) is 16.4 Å². The molecule has 12 heteroatoms. The average molecular weight is 627 g/mol. The molecule has 1 aromatic carbocycles. The fraction of sp³-hybridized carbons (Fsp3) is 0.515. The third kappa shape index (κ3) is 5.92. The molecule has 3 N–H and O–H groups in total. The summed E-state index contributed by atoms with van der Waals surface area (Å²) in [5, 5.41) is 10.2. The van der Waals surface area contributed by atoms with E-state index in [0.29, 0.717) is 17.6 Å². The second kappa shape index (κ2) is 12.3. The number of hydrogen-bond acceptors (Lipinski definition) is 11. The lowest BCUT2D eigenvalue weighted by Crippen LogP contribution is -2.51. The largest absolute Gasteiger partial charge is 0.379 e. The molecule has 2 aliphatic heterocycles. The third-order valence-electron chi connectivity index (χ3n) is 10.1. The predicted molar refractivity (Wildman–Crippen MR) is 181 cm³/mol. The zero-order chi connectivity index (χ0) is 30.3. The first kappa shape index (κ1) is 28.9. The quantitative estimate of drug-likeness (QED) is 0.289. The van der Waals surface area contributed by atoms with Gasteiger partial charge in [-0.3, -0.25) is 9.80 Å². The van der Waals surface area contributed by atoms with Crippen LogP contribution >= 0.6 is 11.3 Å². The van der Waals surface area contributed by atoms with Crippen molar-refractivity contribution in [2.75, 3.05) is 75.0 Å². The molecule has 2 unspecified atom stereocenters. The Hall–Kier alpha value is -3.58. The molecule has 3 aromatic heterocycles. The van der Waals surface area contributed by atoms with Crippen LogP contribution in [0, 0.1) is 18.8 Å². The second-order valence-electron chi connectivity index (χ2n) is 13.0. The zero-order valence-corrected chi connectivity index (χ0v) is 26.8. The van der Waals surface area contributed by atoms with E-state index in [0.717, 1.165) is 85.3 Å². The number of nitrogens with one attached hydrogen (secondary N) is 1. The average Bonchev–Trinajstić information content (AvgIpc) is 3.87. The molecule has 236 valence electrons. The van der Waals surface area contributed by atoms with Crippen LogP contribution in [0.1, 0.15) is 37.1 Å². The van der Waals surface area contributed by atoms with Crippen molar-refractivity contribution in [2.45, 2.75) is 38.6 Å². The summed E-state index contributed by atoms with van der Waals surface area (Å²) in [5.41, 5.74) is 10.6. The van der Waals surface area contributed by atoms with E-state index in [1.807, 2.05) is 6.08 Å². The Labute approximate surface area is 268 Å². The molecule has 3 atom stereocenters. The number of aromatic nitrogens is 5. The highest BCUT2D eigenvalue weighted by atomic mass is 32.1. The smallest absolute Gasteiger partial charge is 0.248 e. The first-order valence-electron chi connectivity index (χ1n) is 16.4. The molecule has 0 spiro atoms. The van der Waals surface area contributed by atoms with Crippen LogP contribution in [0.5, 0.6) is 0 Å². The molecule has 5 heterocycles. The van der Waals surface area contributed by atoms with Gasteiger partial charge in [-0.2, -0.15) is 9.67 Å². The Bertz CT molecular complexity index is 1670. The number of fused-ring (bicyclic) bond motifs is 3. The van der Waals surface area contributed by atoms with Gasteiger partial charge in [0.15, 0.2) is 11.6 Å². The lowest BCUT2D eigenvalue weighted by molar-refractivity contribution is 0.0435. The number of hydrogen-bond donors (Lipinski definition) is 2. The number of thiophene rings is 1. The van der Waals surface area contributed by atoms with E-state index >= 15 is 0 Å². The highest BCUT2D eigenvalue weighted by molar-refractivity contribution is 7.17. The number of piperazine rings is 1. The van der Waals surface area contributed by atoms with Gasteiger partial charge in [0, 0.05) is 63.2 Å². The van der Waals surface area contributed by atoms with Crippen LogP contribution in [-0.4, -0.2) is 99.6 Å². The normalized spacial score (nSPS) is 24.4. The van der Waals surface area contributed by atoms with Crippen molar-refractivity contribution >= 4 is 50.9 Å². The van der Waals surface area contributed by atoms with Gasteiger partial charge in [-0.1, -0.05) is 12.5 Å². The third-order valence-corrected chi connectivity index (χ3v) is 11.2. The molecule has 4 aromatic rings. The topological polar surface area (TPSA) is 113 Å². The van der Waals surface area contributed by atoms with Gasteiger partial charge in [-0.25, -0.2) is 9.97 Å². The highest BCUT2D eigenvalue weighted by Gasteiger charge is 2.42. The molecule has 0 radical (unpaired) electrons. The first-order chi connectivity index (χ1) is 22.1. The summed E-state index contributed by atoms with van der Waals surface area (Å²) in [5.74, 6) is 3.94. The Morgan fingerprint density at radius 3 is 2.58 bits per heavy atom. The molecule has 2 aliphatic carbocycles. The Balaban J connectivity index is 0.945. The van der Waals surface area contributed by atoms with Crippen molar-refractivity contribution in [1.29, 1.82) is 0 Å². The van der Waals surface area contributed by atoms with Crippen molar-refractivity contribution in [3.63, 3.8) is 0 Å². The summed E-state index contributed by atoms with van der Waals surface area (Å²) in [6.07, 6.45) is 9.91. The van der Waals surface area contributed by atoms with Gasteiger partial charge in [0.05, 0.1) is 23.4 Å². The summed E-state index contributed by atoms with van der Waals surface area (Å²) < 4.78 is 8.01. The lowest BCUT2D eigenvalue weighted by Gasteiger charge is -2.41. The number of anilines is 4. The fourth-order valence-corrected chi connectivity index (χ4v) is 8.69. The van der Waals surface area contributed by atoms with E-state index < -0.39 is 0 Å². The maximum absolute atomic E-state index is 6.42. The number of aryl methyl sites for hydroxylation is 1. The number of morpholine rings is 1. The number of rotatable bonds is 8. The maximum Gasteiger partial charge on any atom is 0.248 e.